The smallest absolute Gasteiger partial charge is 0.258 e. The van der Waals surface area contributed by atoms with E-state index in [-0.39, 0.29) is 29.9 Å². The Morgan fingerprint density at radius 2 is 1.86 bits per heavy atom. The van der Waals surface area contributed by atoms with Gasteiger partial charge in [0.15, 0.2) is 11.5 Å². The highest BCUT2D eigenvalue weighted by molar-refractivity contribution is 5.93. The zero-order valence-electron chi connectivity index (χ0n) is 18.0. The van der Waals surface area contributed by atoms with E-state index >= 15 is 0 Å². The molecule has 0 bridgehead atoms. The molecule has 3 aromatic rings. The van der Waals surface area contributed by atoms with Gasteiger partial charge in [0.05, 0.1) is 22.2 Å². The molecule has 3 aromatic heterocycles. The molecular formula is C20H31ClN6O. The maximum atomic E-state index is 5.64. The normalized spacial score (nSPS) is 13.2. The first-order valence-corrected chi connectivity index (χ1v) is 9.52. The highest BCUT2D eigenvalue weighted by atomic mass is 35.5. The monoisotopic (exact) mass is 406 g/mol. The van der Waals surface area contributed by atoms with E-state index in [0.29, 0.717) is 18.1 Å². The van der Waals surface area contributed by atoms with Crippen LogP contribution in [0, 0.1) is 6.92 Å². The van der Waals surface area contributed by atoms with E-state index in [9.17, 15) is 0 Å². The number of aryl methyl sites for hydroxylation is 1. The first kappa shape index (κ1) is 22.3. The van der Waals surface area contributed by atoms with Crippen LogP contribution in [0.15, 0.2) is 10.6 Å². The van der Waals surface area contributed by atoms with Crippen LogP contribution >= 0.6 is 12.4 Å². The van der Waals surface area contributed by atoms with Crippen molar-refractivity contribution in [2.45, 2.75) is 72.4 Å². The molecule has 3 heterocycles. The molecule has 0 saturated carbocycles. The van der Waals surface area contributed by atoms with Gasteiger partial charge in [-0.15, -0.1) is 12.4 Å². The Bertz CT molecular complexity index is 954. The Hall–Kier alpha value is -1.99. The van der Waals surface area contributed by atoms with Gasteiger partial charge in [-0.05, 0) is 53.7 Å². The largest absolute Gasteiger partial charge is 0.334 e. The summed E-state index contributed by atoms with van der Waals surface area (Å²) in [7, 11) is 1.93. The SMILES string of the molecule is CNC(C)Cc1noc(-c2cc(C(C)C)nc3c2c(C)nn3C(C)(C)C)n1.Cl. The lowest BCUT2D eigenvalue weighted by Gasteiger charge is -2.20. The number of halogens is 1. The van der Waals surface area contributed by atoms with Gasteiger partial charge in [0.1, 0.15) is 0 Å². The van der Waals surface area contributed by atoms with Crippen LogP contribution < -0.4 is 5.32 Å². The average Bonchev–Trinajstić information content (AvgIpc) is 3.18. The highest BCUT2D eigenvalue weighted by Gasteiger charge is 2.25. The van der Waals surface area contributed by atoms with E-state index in [2.05, 4.69) is 63.1 Å². The summed E-state index contributed by atoms with van der Waals surface area (Å²) >= 11 is 0. The van der Waals surface area contributed by atoms with E-state index in [0.717, 1.165) is 28.0 Å². The maximum Gasteiger partial charge on any atom is 0.258 e. The third-order valence-electron chi connectivity index (χ3n) is 4.74. The molecule has 0 fully saturated rings. The van der Waals surface area contributed by atoms with Crippen molar-refractivity contribution >= 4 is 23.4 Å². The number of hydrogen-bond donors (Lipinski definition) is 1. The van der Waals surface area contributed by atoms with Gasteiger partial charge >= 0.3 is 0 Å². The second-order valence-corrected chi connectivity index (χ2v) is 8.53. The molecule has 0 aromatic carbocycles. The second-order valence-electron chi connectivity index (χ2n) is 8.53. The lowest BCUT2D eigenvalue weighted by molar-refractivity contribution is 0.364. The minimum Gasteiger partial charge on any atom is -0.334 e. The van der Waals surface area contributed by atoms with Gasteiger partial charge in [0, 0.05) is 18.2 Å². The highest BCUT2D eigenvalue weighted by Crippen LogP contribution is 2.34. The molecule has 7 nitrogen and oxygen atoms in total. The minimum absolute atomic E-state index is 0. The second kappa shape index (κ2) is 8.17. The van der Waals surface area contributed by atoms with Crippen molar-refractivity contribution < 1.29 is 4.52 Å². The first-order chi connectivity index (χ1) is 12.6. The van der Waals surface area contributed by atoms with Crippen LogP contribution in [0.25, 0.3) is 22.5 Å². The van der Waals surface area contributed by atoms with Crippen LogP contribution in [0.5, 0.6) is 0 Å². The Morgan fingerprint density at radius 3 is 2.43 bits per heavy atom. The Balaban J connectivity index is 0.00000280. The third-order valence-corrected chi connectivity index (χ3v) is 4.74. The van der Waals surface area contributed by atoms with Crippen LogP contribution in [0.3, 0.4) is 0 Å². The van der Waals surface area contributed by atoms with Gasteiger partial charge in [-0.3, -0.25) is 0 Å². The number of nitrogens with zero attached hydrogens (tertiary/aromatic N) is 5. The average molecular weight is 407 g/mol. The molecule has 0 radical (unpaired) electrons. The summed E-state index contributed by atoms with van der Waals surface area (Å²) in [5.41, 5.74) is 3.51. The summed E-state index contributed by atoms with van der Waals surface area (Å²) in [5, 5.41) is 13.1. The molecule has 3 rings (SSSR count). The number of pyridine rings is 1. The fraction of sp³-hybridized carbons (Fsp3) is 0.600. The predicted molar refractivity (Wildman–Crippen MR) is 114 cm³/mol. The Labute approximate surface area is 172 Å². The van der Waals surface area contributed by atoms with Crippen LogP contribution in [0.4, 0.5) is 0 Å². The van der Waals surface area contributed by atoms with E-state index in [1.54, 1.807) is 0 Å². The summed E-state index contributed by atoms with van der Waals surface area (Å²) in [5.74, 6) is 1.51. The van der Waals surface area contributed by atoms with Crippen molar-refractivity contribution in [3.8, 4) is 11.5 Å². The topological polar surface area (TPSA) is 81.7 Å². The van der Waals surface area contributed by atoms with Gasteiger partial charge in [-0.2, -0.15) is 10.1 Å². The van der Waals surface area contributed by atoms with Gasteiger partial charge < -0.3 is 9.84 Å². The Morgan fingerprint density at radius 1 is 1.18 bits per heavy atom. The third kappa shape index (κ3) is 4.20. The predicted octanol–water partition coefficient (Wildman–Crippen LogP) is 4.24. The molecule has 28 heavy (non-hydrogen) atoms. The van der Waals surface area contributed by atoms with E-state index < -0.39 is 0 Å². The summed E-state index contributed by atoms with van der Waals surface area (Å²) in [6.45, 7) is 14.8. The zero-order valence-corrected chi connectivity index (χ0v) is 18.8. The van der Waals surface area contributed by atoms with Crippen molar-refractivity contribution in [1.29, 1.82) is 0 Å². The molecule has 0 aliphatic carbocycles. The molecule has 8 heteroatoms. The zero-order chi connectivity index (χ0) is 19.9. The molecule has 1 N–H and O–H groups in total. The first-order valence-electron chi connectivity index (χ1n) is 9.52. The molecule has 154 valence electrons. The van der Waals surface area contributed by atoms with E-state index in [4.69, 9.17) is 14.6 Å². The van der Waals surface area contributed by atoms with Crippen molar-refractivity contribution in [3.63, 3.8) is 0 Å². The lowest BCUT2D eigenvalue weighted by Crippen LogP contribution is -2.24. The number of likely N-dealkylation sites (N-methyl/N-ethyl adjacent to an activating group) is 1. The van der Waals surface area contributed by atoms with Crippen LogP contribution in [-0.2, 0) is 12.0 Å². The summed E-state index contributed by atoms with van der Waals surface area (Å²) in [6.07, 6.45) is 0.714. The van der Waals surface area contributed by atoms with Gasteiger partial charge in [0.25, 0.3) is 5.89 Å². The molecule has 1 unspecified atom stereocenters. The van der Waals surface area contributed by atoms with Crippen molar-refractivity contribution in [1.82, 2.24) is 30.2 Å². The fourth-order valence-electron chi connectivity index (χ4n) is 3.06. The molecule has 0 saturated heterocycles. The van der Waals surface area contributed by atoms with Crippen LogP contribution in [-0.4, -0.2) is 38.0 Å². The van der Waals surface area contributed by atoms with Gasteiger partial charge in [0.2, 0.25) is 0 Å². The van der Waals surface area contributed by atoms with Crippen LogP contribution in [0.1, 0.15) is 64.7 Å². The minimum atomic E-state index is -0.172. The van der Waals surface area contributed by atoms with E-state index in [1.165, 1.54) is 0 Å². The summed E-state index contributed by atoms with van der Waals surface area (Å²) in [4.78, 5) is 9.57. The van der Waals surface area contributed by atoms with Crippen molar-refractivity contribution in [2.75, 3.05) is 7.05 Å². The Kier molecular flexibility index (Phi) is 6.51. The van der Waals surface area contributed by atoms with E-state index in [1.807, 2.05) is 18.7 Å². The molecule has 0 spiro atoms. The summed E-state index contributed by atoms with van der Waals surface area (Å²) < 4.78 is 7.63. The molecule has 1 atom stereocenters. The van der Waals surface area contributed by atoms with Gasteiger partial charge in [-0.1, -0.05) is 19.0 Å². The molecular weight excluding hydrogens is 376 g/mol. The van der Waals surface area contributed by atoms with Crippen molar-refractivity contribution in [2.24, 2.45) is 0 Å². The molecule has 0 amide bonds. The number of aromatic nitrogens is 5. The molecule has 0 aliphatic heterocycles. The molecule has 0 aliphatic rings. The van der Waals surface area contributed by atoms with Crippen molar-refractivity contribution in [3.05, 3.63) is 23.3 Å². The number of rotatable bonds is 5. The number of hydrogen-bond acceptors (Lipinski definition) is 6. The fourth-order valence-corrected chi connectivity index (χ4v) is 3.06. The standard InChI is InChI=1S/C20H30N6O.ClH/c1-11(2)15-10-14(19-23-16(25-27-19)9-12(3)21-8)17-13(4)24-26(18(17)22-15)20(5,6)7;/h10-12,21H,9H2,1-8H3;1H. The number of nitrogens with one attached hydrogen (secondary N) is 1. The van der Waals surface area contributed by atoms with Crippen LogP contribution in [0.2, 0.25) is 0 Å². The lowest BCUT2D eigenvalue weighted by atomic mass is 10.0. The van der Waals surface area contributed by atoms with Gasteiger partial charge in [-0.25, -0.2) is 9.67 Å². The quantitative estimate of drug-likeness (QED) is 0.682. The summed E-state index contributed by atoms with van der Waals surface area (Å²) in [6, 6.07) is 2.34. The maximum absolute atomic E-state index is 5.64. The number of fused-ring (bicyclic) bond motifs is 1.